The number of ether oxygens (including phenoxy) is 1. The van der Waals surface area contributed by atoms with E-state index in [4.69, 9.17) is 4.74 Å². The fraction of sp³-hybridized carbons (Fsp3) is 0.923. The number of nitrogens with zero attached hydrogens (tertiary/aromatic N) is 2. The van der Waals surface area contributed by atoms with Crippen LogP contribution in [0.25, 0.3) is 0 Å². The lowest BCUT2D eigenvalue weighted by Gasteiger charge is -2.22. The molecule has 5 heteroatoms. The number of rotatable bonds is 6. The van der Waals surface area contributed by atoms with Crippen molar-refractivity contribution in [3.8, 4) is 0 Å². The van der Waals surface area contributed by atoms with Crippen LogP contribution in [0.4, 0.5) is 0 Å². The van der Waals surface area contributed by atoms with E-state index in [0.29, 0.717) is 6.10 Å². The van der Waals surface area contributed by atoms with Gasteiger partial charge in [-0.1, -0.05) is 13.3 Å². The zero-order chi connectivity index (χ0) is 12.5. The van der Waals surface area contributed by atoms with Gasteiger partial charge in [0.05, 0.1) is 6.10 Å². The van der Waals surface area contributed by atoms with Gasteiger partial charge < -0.3 is 15.0 Å². The molecule has 0 amide bonds. The highest BCUT2D eigenvalue weighted by molar-refractivity contribution is 14.0. The quantitative estimate of drug-likeness (QED) is 0.444. The second-order valence-electron chi connectivity index (χ2n) is 4.67. The third-order valence-corrected chi connectivity index (χ3v) is 3.19. The monoisotopic (exact) mass is 369 g/mol. The molecule has 0 radical (unpaired) electrons. The fourth-order valence-electron chi connectivity index (χ4n) is 2.10. The molecule has 1 saturated heterocycles. The smallest absolute Gasteiger partial charge is 0.193 e. The van der Waals surface area contributed by atoms with Gasteiger partial charge in [0.1, 0.15) is 0 Å². The maximum absolute atomic E-state index is 5.60. The van der Waals surface area contributed by atoms with Crippen LogP contribution in [0.15, 0.2) is 4.99 Å². The first-order chi connectivity index (χ1) is 8.27. The third-order valence-electron chi connectivity index (χ3n) is 3.19. The summed E-state index contributed by atoms with van der Waals surface area (Å²) < 4.78 is 5.60. The van der Waals surface area contributed by atoms with E-state index >= 15 is 0 Å². The molecule has 1 aliphatic rings. The molecule has 18 heavy (non-hydrogen) atoms. The van der Waals surface area contributed by atoms with Crippen LogP contribution in [-0.4, -0.2) is 50.8 Å². The highest BCUT2D eigenvalue weighted by atomic mass is 127. The lowest BCUT2D eigenvalue weighted by atomic mass is 10.2. The summed E-state index contributed by atoms with van der Waals surface area (Å²) in [7, 11) is 3.94. The molecule has 0 aromatic rings. The van der Waals surface area contributed by atoms with Gasteiger partial charge in [0, 0.05) is 33.8 Å². The van der Waals surface area contributed by atoms with Crippen molar-refractivity contribution in [1.82, 2.24) is 10.2 Å². The molecular weight excluding hydrogens is 341 g/mol. The number of halogens is 1. The van der Waals surface area contributed by atoms with Gasteiger partial charge in [0.25, 0.3) is 0 Å². The van der Waals surface area contributed by atoms with Crippen LogP contribution < -0.4 is 5.32 Å². The van der Waals surface area contributed by atoms with Gasteiger partial charge in [-0.25, -0.2) is 0 Å². The number of hydrogen-bond donors (Lipinski definition) is 1. The zero-order valence-electron chi connectivity index (χ0n) is 11.9. The van der Waals surface area contributed by atoms with Crippen LogP contribution in [0.1, 0.15) is 39.0 Å². The van der Waals surface area contributed by atoms with Crippen LogP contribution in [0, 0.1) is 0 Å². The van der Waals surface area contributed by atoms with Crippen molar-refractivity contribution in [1.29, 1.82) is 0 Å². The Bertz CT molecular complexity index is 230. The molecule has 1 heterocycles. The van der Waals surface area contributed by atoms with Crippen LogP contribution in [0.3, 0.4) is 0 Å². The van der Waals surface area contributed by atoms with E-state index in [9.17, 15) is 0 Å². The number of aliphatic imine (C=N–C) groups is 1. The molecule has 1 aliphatic heterocycles. The first-order valence-corrected chi connectivity index (χ1v) is 6.81. The summed E-state index contributed by atoms with van der Waals surface area (Å²) in [6.45, 7) is 5.17. The van der Waals surface area contributed by atoms with Crippen molar-refractivity contribution in [3.63, 3.8) is 0 Å². The largest absolute Gasteiger partial charge is 0.378 e. The van der Waals surface area contributed by atoms with Crippen molar-refractivity contribution >= 4 is 29.9 Å². The first-order valence-electron chi connectivity index (χ1n) is 6.81. The van der Waals surface area contributed by atoms with Gasteiger partial charge in [0.15, 0.2) is 5.96 Å². The van der Waals surface area contributed by atoms with Gasteiger partial charge in [0.2, 0.25) is 0 Å². The molecule has 1 N–H and O–H groups in total. The highest BCUT2D eigenvalue weighted by Crippen LogP contribution is 2.14. The zero-order valence-corrected chi connectivity index (χ0v) is 14.3. The van der Waals surface area contributed by atoms with E-state index in [0.717, 1.165) is 32.1 Å². The summed E-state index contributed by atoms with van der Waals surface area (Å²) in [6, 6.07) is 0. The molecule has 0 bridgehead atoms. The Kier molecular flexibility index (Phi) is 10.8. The van der Waals surface area contributed by atoms with Gasteiger partial charge in [-0.05, 0) is 25.7 Å². The third kappa shape index (κ3) is 6.78. The molecule has 1 unspecified atom stereocenters. The summed E-state index contributed by atoms with van der Waals surface area (Å²) in [6.07, 6.45) is 6.41. The Morgan fingerprint density at radius 3 is 2.83 bits per heavy atom. The van der Waals surface area contributed by atoms with Crippen LogP contribution in [0.2, 0.25) is 0 Å². The second-order valence-corrected chi connectivity index (χ2v) is 4.67. The van der Waals surface area contributed by atoms with Gasteiger partial charge in [-0.2, -0.15) is 0 Å². The molecule has 108 valence electrons. The maximum Gasteiger partial charge on any atom is 0.193 e. The van der Waals surface area contributed by atoms with E-state index in [2.05, 4.69) is 29.2 Å². The Morgan fingerprint density at radius 1 is 1.50 bits per heavy atom. The molecule has 1 rings (SSSR count). The molecule has 0 aliphatic carbocycles. The van der Waals surface area contributed by atoms with E-state index in [1.54, 1.807) is 0 Å². The molecule has 4 nitrogen and oxygen atoms in total. The second kappa shape index (κ2) is 10.8. The fourth-order valence-corrected chi connectivity index (χ4v) is 2.10. The van der Waals surface area contributed by atoms with E-state index in [1.807, 2.05) is 7.05 Å². The Labute approximate surface area is 129 Å². The Hall–Kier alpha value is -0.0400. The normalized spacial score (nSPS) is 19.5. The van der Waals surface area contributed by atoms with Gasteiger partial charge in [-0.15, -0.1) is 24.0 Å². The maximum atomic E-state index is 5.60. The molecule has 1 fully saturated rings. The van der Waals surface area contributed by atoms with Crippen LogP contribution in [0.5, 0.6) is 0 Å². The average molecular weight is 369 g/mol. The van der Waals surface area contributed by atoms with Gasteiger partial charge >= 0.3 is 0 Å². The summed E-state index contributed by atoms with van der Waals surface area (Å²) in [4.78, 5) is 6.49. The number of unbranched alkanes of at least 4 members (excludes halogenated alkanes) is 1. The molecular formula is C13H28IN3O. The summed E-state index contributed by atoms with van der Waals surface area (Å²) in [5.74, 6) is 0.997. The SMILES string of the molecule is CCCCN(C)C(=NC)NCCC1CCCO1.I. The average Bonchev–Trinajstić information content (AvgIpc) is 2.84. The number of hydrogen-bond acceptors (Lipinski definition) is 2. The standard InChI is InChI=1S/C13H27N3O.HI/c1-4-5-10-16(3)13(14-2)15-9-8-12-7-6-11-17-12;/h12H,4-11H2,1-3H3,(H,14,15);1H. The minimum atomic E-state index is 0. The minimum absolute atomic E-state index is 0. The predicted octanol–water partition coefficient (Wildman–Crippen LogP) is 2.48. The van der Waals surface area contributed by atoms with E-state index < -0.39 is 0 Å². The first kappa shape index (κ1) is 18.0. The summed E-state index contributed by atoms with van der Waals surface area (Å²) >= 11 is 0. The summed E-state index contributed by atoms with van der Waals surface area (Å²) in [5.41, 5.74) is 0. The molecule has 0 spiro atoms. The van der Waals surface area contributed by atoms with Crippen LogP contribution >= 0.6 is 24.0 Å². The lowest BCUT2D eigenvalue weighted by Crippen LogP contribution is -2.40. The van der Waals surface area contributed by atoms with E-state index in [1.165, 1.54) is 25.7 Å². The Balaban J connectivity index is 0.00000289. The summed E-state index contributed by atoms with van der Waals surface area (Å²) in [5, 5.41) is 3.40. The van der Waals surface area contributed by atoms with Crippen molar-refractivity contribution in [2.24, 2.45) is 4.99 Å². The number of guanidine groups is 1. The number of nitrogens with one attached hydrogen (secondary N) is 1. The molecule has 1 atom stereocenters. The lowest BCUT2D eigenvalue weighted by molar-refractivity contribution is 0.105. The Morgan fingerprint density at radius 2 is 2.28 bits per heavy atom. The topological polar surface area (TPSA) is 36.9 Å². The predicted molar refractivity (Wildman–Crippen MR) is 87.9 cm³/mol. The highest BCUT2D eigenvalue weighted by Gasteiger charge is 2.15. The van der Waals surface area contributed by atoms with Gasteiger partial charge in [-0.3, -0.25) is 4.99 Å². The van der Waals surface area contributed by atoms with Crippen molar-refractivity contribution in [2.75, 3.05) is 33.8 Å². The molecule has 0 saturated carbocycles. The van der Waals surface area contributed by atoms with Crippen LogP contribution in [-0.2, 0) is 4.74 Å². The molecule has 0 aromatic carbocycles. The van der Waals surface area contributed by atoms with Crippen molar-refractivity contribution in [2.45, 2.75) is 45.1 Å². The minimum Gasteiger partial charge on any atom is -0.378 e. The van der Waals surface area contributed by atoms with Crippen molar-refractivity contribution < 1.29 is 4.74 Å². The van der Waals surface area contributed by atoms with E-state index in [-0.39, 0.29) is 24.0 Å². The van der Waals surface area contributed by atoms with Crippen molar-refractivity contribution in [3.05, 3.63) is 0 Å². The molecule has 0 aromatic heterocycles.